The van der Waals surface area contributed by atoms with Gasteiger partial charge in [0.05, 0.1) is 25.4 Å². The molecule has 0 saturated carbocycles. The van der Waals surface area contributed by atoms with Crippen molar-refractivity contribution in [3.63, 3.8) is 0 Å². The van der Waals surface area contributed by atoms with Gasteiger partial charge in [-0.05, 0) is 119 Å². The lowest BCUT2D eigenvalue weighted by atomic mass is 9.86. The molecule has 1 atom stereocenters. The predicted molar refractivity (Wildman–Crippen MR) is 187 cm³/mol. The molecule has 1 fully saturated rings. The van der Waals surface area contributed by atoms with Crippen molar-refractivity contribution in [2.75, 3.05) is 37.5 Å². The van der Waals surface area contributed by atoms with E-state index in [2.05, 4.69) is 66.9 Å². The number of nitrogens with one attached hydrogen (secondary N) is 1. The van der Waals surface area contributed by atoms with E-state index in [-0.39, 0.29) is 34.6 Å². The van der Waals surface area contributed by atoms with E-state index in [1.807, 2.05) is 18.2 Å². The summed E-state index contributed by atoms with van der Waals surface area (Å²) in [6.07, 6.45) is 5.14. The Morgan fingerprint density at radius 2 is 1.65 bits per heavy atom. The fraction of sp³-hybridized carbons (Fsp3) is 0.462. The second-order valence-corrected chi connectivity index (χ2v) is 14.2. The quantitative estimate of drug-likeness (QED) is 0.181. The molecule has 9 nitrogen and oxygen atoms in total. The molecule has 1 saturated heterocycles. The van der Waals surface area contributed by atoms with Crippen molar-refractivity contribution in [3.8, 4) is 11.8 Å². The zero-order chi connectivity index (χ0) is 34.9. The number of amides is 1. The minimum Gasteiger partial charge on any atom is -0.479 e. The van der Waals surface area contributed by atoms with E-state index in [1.165, 1.54) is 31.4 Å². The third-order valence-corrected chi connectivity index (χ3v) is 9.90. The predicted octanol–water partition coefficient (Wildman–Crippen LogP) is 8.12. The van der Waals surface area contributed by atoms with Crippen LogP contribution in [0.15, 0.2) is 52.9 Å². The second-order valence-electron chi connectivity index (χ2n) is 14.2. The third-order valence-electron chi connectivity index (χ3n) is 9.90. The monoisotopic (exact) mass is 670 g/mol. The first-order chi connectivity index (χ1) is 23.4. The van der Waals surface area contributed by atoms with Crippen LogP contribution >= 0.6 is 0 Å². The van der Waals surface area contributed by atoms with Crippen LogP contribution in [0.4, 0.5) is 16.0 Å². The van der Waals surface area contributed by atoms with E-state index in [4.69, 9.17) is 18.6 Å². The maximum Gasteiger partial charge on any atom is 0.291 e. The summed E-state index contributed by atoms with van der Waals surface area (Å²) >= 11 is 0. The van der Waals surface area contributed by atoms with E-state index < -0.39 is 11.5 Å². The Morgan fingerprint density at radius 3 is 2.35 bits per heavy atom. The number of fused-ring (bicyclic) bond motifs is 1. The van der Waals surface area contributed by atoms with Gasteiger partial charge in [0.2, 0.25) is 17.7 Å². The summed E-state index contributed by atoms with van der Waals surface area (Å²) in [5, 5.41) is 2.85. The topological polar surface area (TPSA) is 99.0 Å². The second kappa shape index (κ2) is 13.8. The van der Waals surface area contributed by atoms with Crippen LogP contribution in [0.2, 0.25) is 0 Å². The Kier molecular flexibility index (Phi) is 9.71. The summed E-state index contributed by atoms with van der Waals surface area (Å²) in [7, 11) is 3.00. The molecule has 4 aromatic rings. The molecule has 260 valence electrons. The molecule has 0 unspecified atom stereocenters. The van der Waals surface area contributed by atoms with Crippen LogP contribution in [-0.2, 0) is 28.8 Å². The Labute approximate surface area is 288 Å². The van der Waals surface area contributed by atoms with Crippen molar-refractivity contribution in [1.82, 2.24) is 9.97 Å². The SMILES string of the molecule is COc1nc(N2CCC[C@H](CCc3ccccc3F)CC2)nc(OC)c1NC(=O)c1ccc(Cc2cc3c(cc2C)C(C)(C)OC3(C)C)o1. The van der Waals surface area contributed by atoms with Crippen LogP contribution in [0.25, 0.3) is 0 Å². The number of benzene rings is 2. The maximum absolute atomic E-state index is 14.1. The highest BCUT2D eigenvalue weighted by molar-refractivity contribution is 6.03. The number of halogens is 1. The van der Waals surface area contributed by atoms with Crippen LogP contribution in [0.3, 0.4) is 0 Å². The van der Waals surface area contributed by atoms with Gasteiger partial charge in [0.1, 0.15) is 11.6 Å². The van der Waals surface area contributed by atoms with Crippen molar-refractivity contribution >= 4 is 17.5 Å². The summed E-state index contributed by atoms with van der Waals surface area (Å²) in [6.45, 7) is 12.0. The Hall–Kier alpha value is -4.44. The highest BCUT2D eigenvalue weighted by Gasteiger charge is 2.43. The van der Waals surface area contributed by atoms with Gasteiger partial charge < -0.3 is 28.8 Å². The number of methoxy groups -OCH3 is 2. The standard InChI is InChI=1S/C39H47FN4O5/c1-24-21-29-30(39(4,5)49-38(29,2)3)23-27(24)22-28-16-17-32(48-28)34(45)41-33-35(46-6)42-37(43-36(33)47-7)44-19-10-11-25(18-20-44)14-15-26-12-8-9-13-31(26)40/h8-9,12-13,16-17,21,23,25H,10-11,14-15,18-20,22H2,1-7H3,(H,41,45)/t25-/m1/s1. The molecule has 1 amide bonds. The summed E-state index contributed by atoms with van der Waals surface area (Å²) in [5.41, 5.74) is 4.87. The van der Waals surface area contributed by atoms with Gasteiger partial charge in [0.15, 0.2) is 11.4 Å². The van der Waals surface area contributed by atoms with Gasteiger partial charge >= 0.3 is 0 Å². The van der Waals surface area contributed by atoms with Gasteiger partial charge in [0, 0.05) is 19.5 Å². The summed E-state index contributed by atoms with van der Waals surface area (Å²) in [5.74, 6) is 1.57. The zero-order valence-corrected chi connectivity index (χ0v) is 29.6. The van der Waals surface area contributed by atoms with Crippen molar-refractivity contribution in [2.24, 2.45) is 5.92 Å². The molecule has 0 radical (unpaired) electrons. The highest BCUT2D eigenvalue weighted by atomic mass is 19.1. The fourth-order valence-electron chi connectivity index (χ4n) is 7.31. The van der Waals surface area contributed by atoms with E-state index in [0.29, 0.717) is 24.0 Å². The van der Waals surface area contributed by atoms with Crippen molar-refractivity contribution in [2.45, 2.75) is 84.3 Å². The first-order valence-corrected chi connectivity index (χ1v) is 17.1. The first-order valence-electron chi connectivity index (χ1n) is 17.1. The average molecular weight is 671 g/mol. The number of carbonyl (C=O) groups is 1. The van der Waals surface area contributed by atoms with E-state index >= 15 is 0 Å². The molecular formula is C39H47FN4O5. The third kappa shape index (κ3) is 7.29. The van der Waals surface area contributed by atoms with E-state index in [9.17, 15) is 9.18 Å². The smallest absolute Gasteiger partial charge is 0.291 e. The van der Waals surface area contributed by atoms with Crippen LogP contribution in [-0.4, -0.2) is 43.2 Å². The number of furan rings is 1. The number of rotatable bonds is 10. The molecule has 6 rings (SSSR count). The molecule has 49 heavy (non-hydrogen) atoms. The van der Waals surface area contributed by atoms with Gasteiger partial charge in [0.25, 0.3) is 5.91 Å². The molecule has 2 aliphatic rings. The molecule has 4 heterocycles. The Bertz CT molecular complexity index is 1810. The number of ether oxygens (including phenoxy) is 3. The Morgan fingerprint density at radius 1 is 0.959 bits per heavy atom. The van der Waals surface area contributed by atoms with Crippen molar-refractivity contribution in [1.29, 1.82) is 0 Å². The normalized spacial score (nSPS) is 18.1. The minimum atomic E-state index is -0.464. The number of nitrogens with zero attached hydrogens (tertiary/aromatic N) is 3. The fourth-order valence-corrected chi connectivity index (χ4v) is 7.31. The molecule has 2 aliphatic heterocycles. The lowest BCUT2D eigenvalue weighted by Gasteiger charge is -2.24. The van der Waals surface area contributed by atoms with Gasteiger partial charge in [-0.15, -0.1) is 0 Å². The maximum atomic E-state index is 14.1. The van der Waals surface area contributed by atoms with E-state index in [1.54, 1.807) is 12.1 Å². The number of aromatic nitrogens is 2. The zero-order valence-electron chi connectivity index (χ0n) is 29.6. The van der Waals surface area contributed by atoms with Gasteiger partial charge in [-0.3, -0.25) is 4.79 Å². The number of hydrogen-bond acceptors (Lipinski definition) is 8. The number of aryl methyl sites for hydroxylation is 2. The van der Waals surface area contributed by atoms with Crippen LogP contribution in [0.5, 0.6) is 11.8 Å². The summed E-state index contributed by atoms with van der Waals surface area (Å²) in [4.78, 5) is 24.9. The van der Waals surface area contributed by atoms with Gasteiger partial charge in [-0.2, -0.15) is 9.97 Å². The molecule has 1 N–H and O–H groups in total. The molecule has 10 heteroatoms. The number of hydrogen-bond donors (Lipinski definition) is 1. The van der Waals surface area contributed by atoms with E-state index in [0.717, 1.165) is 61.9 Å². The first kappa shape index (κ1) is 34.4. The molecule has 0 bridgehead atoms. The largest absolute Gasteiger partial charge is 0.479 e. The summed E-state index contributed by atoms with van der Waals surface area (Å²) < 4.78 is 37.8. The lowest BCUT2D eigenvalue weighted by molar-refractivity contribution is -0.105. The van der Waals surface area contributed by atoms with Crippen LogP contribution in [0, 0.1) is 18.7 Å². The van der Waals surface area contributed by atoms with Crippen molar-refractivity contribution in [3.05, 3.63) is 93.7 Å². The molecular weight excluding hydrogens is 623 g/mol. The Balaban J connectivity index is 1.13. The van der Waals surface area contributed by atoms with Gasteiger partial charge in [-0.25, -0.2) is 4.39 Å². The molecule has 0 spiro atoms. The van der Waals surface area contributed by atoms with Crippen LogP contribution < -0.4 is 19.7 Å². The van der Waals surface area contributed by atoms with Crippen molar-refractivity contribution < 1.29 is 27.8 Å². The molecule has 2 aromatic carbocycles. The number of carbonyl (C=O) groups excluding carboxylic acids is 1. The van der Waals surface area contributed by atoms with Crippen LogP contribution in [0.1, 0.15) is 97.5 Å². The lowest BCUT2D eigenvalue weighted by Crippen LogP contribution is -2.27. The number of anilines is 2. The average Bonchev–Trinajstić information content (AvgIpc) is 3.49. The summed E-state index contributed by atoms with van der Waals surface area (Å²) in [6, 6.07) is 14.9. The molecule has 2 aromatic heterocycles. The molecule has 0 aliphatic carbocycles. The highest BCUT2D eigenvalue weighted by Crippen LogP contribution is 2.47. The minimum absolute atomic E-state index is 0.140. The van der Waals surface area contributed by atoms with Gasteiger partial charge in [-0.1, -0.05) is 30.3 Å².